The van der Waals surface area contributed by atoms with Gasteiger partial charge in [0.1, 0.15) is 0 Å². The summed E-state index contributed by atoms with van der Waals surface area (Å²) in [6, 6.07) is 11.9. The van der Waals surface area contributed by atoms with E-state index in [2.05, 4.69) is 4.72 Å². The molecular formula is C16H20N2O2S. The summed E-state index contributed by atoms with van der Waals surface area (Å²) in [6.07, 6.45) is 0. The number of sulfonamides is 1. The average molecular weight is 304 g/mol. The summed E-state index contributed by atoms with van der Waals surface area (Å²) in [5.74, 6) is 0.231. The molecule has 2 aromatic carbocycles. The zero-order chi connectivity index (χ0) is 15.6. The lowest BCUT2D eigenvalue weighted by Gasteiger charge is -2.17. The van der Waals surface area contributed by atoms with E-state index in [1.54, 1.807) is 12.1 Å². The Balaban J connectivity index is 2.44. The molecule has 0 aliphatic carbocycles. The van der Waals surface area contributed by atoms with Crippen molar-refractivity contribution < 1.29 is 8.42 Å². The molecule has 2 rings (SSSR count). The molecule has 5 heteroatoms. The molecule has 0 spiro atoms. The van der Waals surface area contributed by atoms with Crippen molar-refractivity contribution in [3.05, 3.63) is 53.6 Å². The van der Waals surface area contributed by atoms with E-state index in [4.69, 9.17) is 5.73 Å². The van der Waals surface area contributed by atoms with Crippen molar-refractivity contribution in [1.29, 1.82) is 0 Å². The van der Waals surface area contributed by atoms with Gasteiger partial charge in [-0.05, 0) is 48.2 Å². The fourth-order valence-electron chi connectivity index (χ4n) is 2.15. The van der Waals surface area contributed by atoms with Crippen LogP contribution in [0.3, 0.4) is 0 Å². The molecule has 0 bridgehead atoms. The molecular weight excluding hydrogens is 284 g/mol. The number of nitrogens with two attached hydrogens (primary N) is 1. The van der Waals surface area contributed by atoms with Crippen LogP contribution in [0.25, 0.3) is 0 Å². The van der Waals surface area contributed by atoms with Gasteiger partial charge < -0.3 is 5.73 Å². The summed E-state index contributed by atoms with van der Waals surface area (Å²) >= 11 is 0. The smallest absolute Gasteiger partial charge is 0.261 e. The molecule has 3 N–H and O–H groups in total. The van der Waals surface area contributed by atoms with Gasteiger partial charge in [0.05, 0.1) is 10.6 Å². The fourth-order valence-corrected chi connectivity index (χ4v) is 3.31. The minimum absolute atomic E-state index is 0.203. The van der Waals surface area contributed by atoms with Crippen molar-refractivity contribution in [3.8, 4) is 0 Å². The van der Waals surface area contributed by atoms with Crippen LogP contribution in [0, 0.1) is 6.92 Å². The van der Waals surface area contributed by atoms with Gasteiger partial charge in [-0.1, -0.05) is 32.0 Å². The number of nitrogens with one attached hydrogen (secondary N) is 1. The first kappa shape index (κ1) is 15.4. The molecule has 0 heterocycles. The van der Waals surface area contributed by atoms with Crippen LogP contribution in [-0.4, -0.2) is 8.42 Å². The van der Waals surface area contributed by atoms with Crippen LogP contribution in [0.15, 0.2) is 47.4 Å². The van der Waals surface area contributed by atoms with Crippen LogP contribution in [0.1, 0.15) is 30.9 Å². The average Bonchev–Trinajstić information content (AvgIpc) is 2.41. The van der Waals surface area contributed by atoms with E-state index in [1.807, 2.05) is 39.0 Å². The van der Waals surface area contributed by atoms with E-state index < -0.39 is 10.0 Å². The molecule has 0 unspecified atom stereocenters. The number of para-hydroxylation sites is 1. The molecule has 0 saturated heterocycles. The van der Waals surface area contributed by atoms with E-state index in [0.717, 1.165) is 11.1 Å². The number of anilines is 2. The van der Waals surface area contributed by atoms with Gasteiger partial charge in [0.2, 0.25) is 0 Å². The molecule has 0 radical (unpaired) electrons. The predicted molar refractivity (Wildman–Crippen MR) is 86.9 cm³/mol. The lowest BCUT2D eigenvalue weighted by molar-refractivity contribution is 0.601. The molecule has 0 aromatic heterocycles. The largest absolute Gasteiger partial charge is 0.399 e. The Labute approximate surface area is 126 Å². The van der Waals surface area contributed by atoms with Crippen molar-refractivity contribution >= 4 is 21.4 Å². The number of benzene rings is 2. The van der Waals surface area contributed by atoms with Crippen molar-refractivity contribution in [3.63, 3.8) is 0 Å². The van der Waals surface area contributed by atoms with E-state index in [-0.39, 0.29) is 10.8 Å². The van der Waals surface area contributed by atoms with Crippen LogP contribution < -0.4 is 10.5 Å². The van der Waals surface area contributed by atoms with E-state index in [1.165, 1.54) is 12.1 Å². The predicted octanol–water partition coefficient (Wildman–Crippen LogP) is 3.50. The first-order chi connectivity index (χ1) is 9.81. The maximum Gasteiger partial charge on any atom is 0.261 e. The van der Waals surface area contributed by atoms with Crippen molar-refractivity contribution in [2.45, 2.75) is 31.6 Å². The summed E-state index contributed by atoms with van der Waals surface area (Å²) < 4.78 is 27.7. The highest BCUT2D eigenvalue weighted by Crippen LogP contribution is 2.29. The minimum Gasteiger partial charge on any atom is -0.399 e. The highest BCUT2D eigenvalue weighted by Gasteiger charge is 2.18. The topological polar surface area (TPSA) is 72.2 Å². The normalized spacial score (nSPS) is 11.6. The number of rotatable bonds is 4. The summed E-state index contributed by atoms with van der Waals surface area (Å²) in [5.41, 5.74) is 8.67. The Morgan fingerprint density at radius 3 is 2.24 bits per heavy atom. The quantitative estimate of drug-likeness (QED) is 0.849. The molecule has 4 nitrogen and oxygen atoms in total. The highest BCUT2D eigenvalue weighted by atomic mass is 32.2. The zero-order valence-electron chi connectivity index (χ0n) is 12.4. The van der Waals surface area contributed by atoms with Gasteiger partial charge in [-0.15, -0.1) is 0 Å². The molecule has 0 amide bonds. The second-order valence-corrected chi connectivity index (χ2v) is 7.05. The second-order valence-electron chi connectivity index (χ2n) is 5.37. The molecule has 0 saturated carbocycles. The molecule has 0 fully saturated rings. The van der Waals surface area contributed by atoms with Gasteiger partial charge in [0.15, 0.2) is 0 Å². The monoisotopic (exact) mass is 304 g/mol. The molecule has 0 aliphatic rings. The summed E-state index contributed by atoms with van der Waals surface area (Å²) in [6.45, 7) is 5.97. The van der Waals surface area contributed by atoms with Gasteiger partial charge in [-0.3, -0.25) is 4.72 Å². The van der Waals surface area contributed by atoms with Crippen LogP contribution in [0.5, 0.6) is 0 Å². The minimum atomic E-state index is -3.61. The Kier molecular flexibility index (Phi) is 4.23. The van der Waals surface area contributed by atoms with Gasteiger partial charge in [0.25, 0.3) is 10.0 Å². The van der Waals surface area contributed by atoms with E-state index in [9.17, 15) is 8.42 Å². The van der Waals surface area contributed by atoms with Crippen molar-refractivity contribution in [2.24, 2.45) is 0 Å². The summed E-state index contributed by atoms with van der Waals surface area (Å²) in [4.78, 5) is 0.203. The second kappa shape index (κ2) is 5.77. The molecule has 21 heavy (non-hydrogen) atoms. The Morgan fingerprint density at radius 1 is 1.05 bits per heavy atom. The lowest BCUT2D eigenvalue weighted by atomic mass is 9.99. The third-order valence-electron chi connectivity index (χ3n) is 3.35. The van der Waals surface area contributed by atoms with Crippen LogP contribution >= 0.6 is 0 Å². The lowest BCUT2D eigenvalue weighted by Crippen LogP contribution is -2.15. The van der Waals surface area contributed by atoms with Gasteiger partial charge in [-0.25, -0.2) is 8.42 Å². The number of nitrogen functional groups attached to an aromatic ring is 1. The Hall–Kier alpha value is -2.01. The summed E-state index contributed by atoms with van der Waals surface area (Å²) in [5, 5.41) is 0. The number of hydrogen-bond donors (Lipinski definition) is 2. The van der Waals surface area contributed by atoms with Crippen LogP contribution in [0.2, 0.25) is 0 Å². The van der Waals surface area contributed by atoms with E-state index >= 15 is 0 Å². The maximum absolute atomic E-state index is 12.5. The van der Waals surface area contributed by atoms with Crippen LogP contribution in [-0.2, 0) is 10.0 Å². The first-order valence-electron chi connectivity index (χ1n) is 6.79. The zero-order valence-corrected chi connectivity index (χ0v) is 13.2. The SMILES string of the molecule is Cc1cccc(C(C)C)c1NS(=O)(=O)c1ccc(N)cc1. The Morgan fingerprint density at radius 2 is 1.67 bits per heavy atom. The van der Waals surface area contributed by atoms with E-state index in [0.29, 0.717) is 11.4 Å². The van der Waals surface area contributed by atoms with Crippen molar-refractivity contribution in [2.75, 3.05) is 10.5 Å². The van der Waals surface area contributed by atoms with Crippen molar-refractivity contribution in [1.82, 2.24) is 0 Å². The van der Waals surface area contributed by atoms with Crippen LogP contribution in [0.4, 0.5) is 11.4 Å². The molecule has 0 atom stereocenters. The number of aryl methyl sites for hydroxylation is 1. The maximum atomic E-state index is 12.5. The molecule has 112 valence electrons. The van der Waals surface area contributed by atoms with Gasteiger partial charge >= 0.3 is 0 Å². The summed E-state index contributed by atoms with van der Waals surface area (Å²) in [7, 11) is -3.61. The Bertz CT molecular complexity index is 735. The molecule has 2 aromatic rings. The van der Waals surface area contributed by atoms with Gasteiger partial charge in [-0.2, -0.15) is 0 Å². The first-order valence-corrected chi connectivity index (χ1v) is 8.27. The molecule has 0 aliphatic heterocycles. The number of hydrogen-bond acceptors (Lipinski definition) is 3. The third kappa shape index (κ3) is 3.36. The third-order valence-corrected chi connectivity index (χ3v) is 4.72. The standard InChI is InChI=1S/C16H20N2O2S/c1-11(2)15-6-4-5-12(3)16(15)18-21(19,20)14-9-7-13(17)8-10-14/h4-11,18H,17H2,1-3H3. The fraction of sp³-hybridized carbons (Fsp3) is 0.250. The highest BCUT2D eigenvalue weighted by molar-refractivity contribution is 7.92. The van der Waals surface area contributed by atoms with Gasteiger partial charge in [0, 0.05) is 5.69 Å².